The van der Waals surface area contributed by atoms with Gasteiger partial charge in [0, 0.05) is 18.8 Å². The molecule has 2 rings (SSSR count). The molecule has 2 amide bonds. The monoisotopic (exact) mass is 431 g/mol. The molecule has 2 heterocycles. The topological polar surface area (TPSA) is 85.4 Å². The van der Waals surface area contributed by atoms with Crippen molar-refractivity contribution in [1.29, 1.82) is 0 Å². The van der Waals surface area contributed by atoms with E-state index in [9.17, 15) is 14.4 Å². The van der Waals surface area contributed by atoms with Crippen LogP contribution in [0.5, 0.6) is 0 Å². The van der Waals surface area contributed by atoms with Gasteiger partial charge in [-0.25, -0.2) is 0 Å². The largest absolute Gasteiger partial charge is 0.366 e. The molecular formula is C23H33N3O3S. The van der Waals surface area contributed by atoms with E-state index in [0.717, 1.165) is 24.8 Å². The Balaban J connectivity index is 2.25. The number of nitrogens with two attached hydrogens (primary N) is 1. The van der Waals surface area contributed by atoms with Crippen LogP contribution in [0.2, 0.25) is 0 Å². The first-order chi connectivity index (χ1) is 14.2. The molecular weight excluding hydrogens is 398 g/mol. The molecule has 7 heteroatoms. The summed E-state index contributed by atoms with van der Waals surface area (Å²) in [6.07, 6.45) is 2.94. The number of thiophene rings is 1. The molecule has 0 saturated carbocycles. The second kappa shape index (κ2) is 11.1. The third-order valence-electron chi connectivity index (χ3n) is 5.25. The van der Waals surface area contributed by atoms with Crippen LogP contribution < -0.4 is 5.73 Å². The fourth-order valence-electron chi connectivity index (χ4n) is 3.38. The van der Waals surface area contributed by atoms with E-state index in [4.69, 9.17) is 5.73 Å². The lowest BCUT2D eigenvalue weighted by molar-refractivity contribution is -0.130. The van der Waals surface area contributed by atoms with Gasteiger partial charge in [-0.15, -0.1) is 0 Å². The van der Waals surface area contributed by atoms with E-state index in [0.29, 0.717) is 42.4 Å². The first-order valence-electron chi connectivity index (χ1n) is 10.6. The number of aromatic nitrogens is 1. The lowest BCUT2D eigenvalue weighted by atomic mass is 10.1. The molecule has 0 aromatic carbocycles. The molecule has 0 unspecified atom stereocenters. The molecule has 0 radical (unpaired) electrons. The average Bonchev–Trinajstić information content (AvgIpc) is 3.30. The van der Waals surface area contributed by atoms with Gasteiger partial charge in [-0.3, -0.25) is 14.4 Å². The molecule has 0 aliphatic heterocycles. The lowest BCUT2D eigenvalue weighted by Crippen LogP contribution is -2.38. The lowest BCUT2D eigenvalue weighted by Gasteiger charge is -2.22. The standard InChI is InChI=1S/C23H33N3O3S/c1-5-6-9-25(22(28)12-18-8-11-30-15-18)14-21(27)20-13-19(23(24)29)17(4)26(20)10-7-16(2)3/h8,11,13,15-16H,5-7,9-10,12,14H2,1-4H3,(H2,24,29). The molecule has 0 saturated heterocycles. The number of ketones is 1. The highest BCUT2D eigenvalue weighted by atomic mass is 32.1. The van der Waals surface area contributed by atoms with Crippen molar-refractivity contribution in [3.8, 4) is 0 Å². The second-order valence-electron chi connectivity index (χ2n) is 8.13. The van der Waals surface area contributed by atoms with E-state index in [1.807, 2.05) is 28.3 Å². The summed E-state index contributed by atoms with van der Waals surface area (Å²) in [5.74, 6) is -0.298. The van der Waals surface area contributed by atoms with Gasteiger partial charge in [0.25, 0.3) is 5.91 Å². The zero-order valence-electron chi connectivity index (χ0n) is 18.4. The summed E-state index contributed by atoms with van der Waals surface area (Å²) >= 11 is 1.55. The summed E-state index contributed by atoms with van der Waals surface area (Å²) in [5.41, 5.74) is 8.00. The fraction of sp³-hybridized carbons (Fsp3) is 0.522. The van der Waals surface area contributed by atoms with Gasteiger partial charge in [-0.2, -0.15) is 11.3 Å². The van der Waals surface area contributed by atoms with Crippen LogP contribution in [-0.2, 0) is 17.8 Å². The molecule has 0 fully saturated rings. The van der Waals surface area contributed by atoms with Crippen molar-refractivity contribution in [2.45, 2.75) is 59.9 Å². The molecule has 2 aromatic heterocycles. The molecule has 0 aliphatic rings. The van der Waals surface area contributed by atoms with Gasteiger partial charge >= 0.3 is 0 Å². The van der Waals surface area contributed by atoms with Crippen LogP contribution in [0.15, 0.2) is 22.9 Å². The van der Waals surface area contributed by atoms with Crippen molar-refractivity contribution < 1.29 is 14.4 Å². The summed E-state index contributed by atoms with van der Waals surface area (Å²) in [6.45, 7) is 9.29. The van der Waals surface area contributed by atoms with Crippen molar-refractivity contribution in [3.05, 3.63) is 45.4 Å². The first-order valence-corrected chi connectivity index (χ1v) is 11.5. The maximum absolute atomic E-state index is 13.2. The molecule has 6 nitrogen and oxygen atoms in total. The van der Waals surface area contributed by atoms with Gasteiger partial charge in [-0.05, 0) is 54.1 Å². The Hall–Kier alpha value is -2.41. The summed E-state index contributed by atoms with van der Waals surface area (Å²) in [7, 11) is 0. The number of carbonyl (C=O) groups is 3. The Morgan fingerprint density at radius 1 is 1.27 bits per heavy atom. The third kappa shape index (κ3) is 6.29. The number of primary amides is 1. The van der Waals surface area contributed by atoms with Crippen LogP contribution >= 0.6 is 11.3 Å². The normalized spacial score (nSPS) is 11.1. The highest BCUT2D eigenvalue weighted by Gasteiger charge is 2.24. The van der Waals surface area contributed by atoms with Crippen LogP contribution in [-0.4, -0.2) is 40.2 Å². The zero-order chi connectivity index (χ0) is 22.3. The van der Waals surface area contributed by atoms with E-state index in [1.165, 1.54) is 0 Å². The van der Waals surface area contributed by atoms with Crippen molar-refractivity contribution >= 4 is 28.9 Å². The van der Waals surface area contributed by atoms with Crippen LogP contribution in [0.4, 0.5) is 0 Å². The van der Waals surface area contributed by atoms with E-state index >= 15 is 0 Å². The predicted octanol–water partition coefficient (Wildman–Crippen LogP) is 4.06. The number of Topliss-reactive ketones (excluding diaryl/α,β-unsaturated/α-hetero) is 1. The SMILES string of the molecule is CCCCN(CC(=O)c1cc(C(N)=O)c(C)n1CCC(C)C)C(=O)Cc1ccsc1. The van der Waals surface area contributed by atoms with Crippen molar-refractivity contribution in [2.75, 3.05) is 13.1 Å². The Bertz CT molecular complexity index is 869. The predicted molar refractivity (Wildman–Crippen MR) is 121 cm³/mol. The highest BCUT2D eigenvalue weighted by Crippen LogP contribution is 2.19. The zero-order valence-corrected chi connectivity index (χ0v) is 19.3. The Kier molecular flexibility index (Phi) is 8.84. The van der Waals surface area contributed by atoms with E-state index < -0.39 is 5.91 Å². The van der Waals surface area contributed by atoms with Crippen LogP contribution in [0.25, 0.3) is 0 Å². The number of nitrogens with zero attached hydrogens (tertiary/aromatic N) is 2. The minimum absolute atomic E-state index is 0.00625. The van der Waals surface area contributed by atoms with Gasteiger partial charge in [0.15, 0.2) is 5.78 Å². The van der Waals surface area contributed by atoms with Gasteiger partial charge in [0.2, 0.25) is 5.91 Å². The second-order valence-corrected chi connectivity index (χ2v) is 8.91. The summed E-state index contributed by atoms with van der Waals surface area (Å²) in [4.78, 5) is 39.5. The smallest absolute Gasteiger partial charge is 0.250 e. The Morgan fingerprint density at radius 2 is 2.00 bits per heavy atom. The number of hydrogen-bond acceptors (Lipinski definition) is 4. The van der Waals surface area contributed by atoms with Gasteiger partial charge in [-0.1, -0.05) is 27.2 Å². The fourth-order valence-corrected chi connectivity index (χ4v) is 4.04. The molecule has 0 aliphatic carbocycles. The minimum atomic E-state index is -0.541. The van der Waals surface area contributed by atoms with E-state index in [2.05, 4.69) is 20.8 Å². The van der Waals surface area contributed by atoms with Crippen molar-refractivity contribution in [3.63, 3.8) is 0 Å². The maximum atomic E-state index is 13.2. The van der Waals surface area contributed by atoms with Crippen LogP contribution in [0.1, 0.15) is 72.1 Å². The van der Waals surface area contributed by atoms with Crippen LogP contribution in [0, 0.1) is 12.8 Å². The van der Waals surface area contributed by atoms with Gasteiger partial charge in [0.1, 0.15) is 0 Å². The van der Waals surface area contributed by atoms with Crippen LogP contribution in [0.3, 0.4) is 0 Å². The summed E-state index contributed by atoms with van der Waals surface area (Å²) < 4.78 is 1.88. The highest BCUT2D eigenvalue weighted by molar-refractivity contribution is 7.08. The first kappa shape index (κ1) is 23.9. The Labute approximate surface area is 183 Å². The molecule has 0 atom stereocenters. The van der Waals surface area contributed by atoms with Crippen molar-refractivity contribution in [1.82, 2.24) is 9.47 Å². The molecule has 2 N–H and O–H groups in total. The van der Waals surface area contributed by atoms with Gasteiger partial charge in [0.05, 0.1) is 24.2 Å². The Morgan fingerprint density at radius 3 is 2.57 bits per heavy atom. The summed E-state index contributed by atoms with van der Waals surface area (Å²) in [6, 6.07) is 3.52. The minimum Gasteiger partial charge on any atom is -0.366 e. The van der Waals surface area contributed by atoms with Gasteiger partial charge < -0.3 is 15.2 Å². The number of rotatable bonds is 12. The quantitative estimate of drug-likeness (QED) is 0.514. The number of amides is 2. The molecule has 0 bridgehead atoms. The molecule has 30 heavy (non-hydrogen) atoms. The van der Waals surface area contributed by atoms with Crippen molar-refractivity contribution in [2.24, 2.45) is 11.7 Å². The molecule has 164 valence electrons. The van der Waals surface area contributed by atoms with E-state index in [-0.39, 0.29) is 18.2 Å². The third-order valence-corrected chi connectivity index (χ3v) is 5.98. The molecule has 2 aromatic rings. The number of unbranched alkanes of at least 4 members (excludes halogenated alkanes) is 1. The van der Waals surface area contributed by atoms with E-state index in [1.54, 1.807) is 22.3 Å². The maximum Gasteiger partial charge on any atom is 0.250 e. The molecule has 0 spiro atoms. The number of hydrogen-bond donors (Lipinski definition) is 1. The number of carbonyl (C=O) groups excluding carboxylic acids is 3. The summed E-state index contributed by atoms with van der Waals surface area (Å²) in [5, 5.41) is 3.90. The average molecular weight is 432 g/mol.